The van der Waals surface area contributed by atoms with Crippen molar-refractivity contribution in [3.63, 3.8) is 0 Å². The fourth-order valence-corrected chi connectivity index (χ4v) is 2.71. The predicted octanol–water partition coefficient (Wildman–Crippen LogP) is 4.93. The van der Waals surface area contributed by atoms with Gasteiger partial charge in [0.15, 0.2) is 0 Å². The van der Waals surface area contributed by atoms with Crippen molar-refractivity contribution in [1.29, 1.82) is 0 Å². The number of nitrogens with zero attached hydrogens (tertiary/aromatic N) is 2. The molecule has 1 aromatic heterocycles. The highest BCUT2D eigenvalue weighted by Crippen LogP contribution is 2.29. The van der Waals surface area contributed by atoms with Gasteiger partial charge < -0.3 is 9.84 Å². The Kier molecular flexibility index (Phi) is 7.90. The lowest BCUT2D eigenvalue weighted by molar-refractivity contribution is -0.138. The summed E-state index contributed by atoms with van der Waals surface area (Å²) in [5.41, 5.74) is 0.883. The Bertz CT molecular complexity index is 755. The monoisotopic (exact) mass is 398 g/mol. The standard InChI is InChI=1S/C20H25F3N2O3/c1-2-3-12-28-18-13-17(6-4-5-7-19(26)27)25(24-18)14-15-8-10-16(11-9-15)20(21,22)23/h8-11,13H,2-7,12,14H2,1H3,(H,26,27). The largest absolute Gasteiger partial charge is 0.481 e. The molecule has 0 saturated carbocycles. The first-order chi connectivity index (χ1) is 13.3. The molecule has 0 atom stereocenters. The quantitative estimate of drug-likeness (QED) is 0.546. The lowest BCUT2D eigenvalue weighted by Crippen LogP contribution is -2.08. The van der Waals surface area contributed by atoms with E-state index in [4.69, 9.17) is 9.84 Å². The molecule has 0 radical (unpaired) electrons. The van der Waals surface area contributed by atoms with E-state index in [1.165, 1.54) is 12.1 Å². The van der Waals surface area contributed by atoms with Crippen LogP contribution in [0.15, 0.2) is 30.3 Å². The summed E-state index contributed by atoms with van der Waals surface area (Å²) < 4.78 is 45.5. The average molecular weight is 398 g/mol. The van der Waals surface area contributed by atoms with Crippen LogP contribution in [0.5, 0.6) is 5.88 Å². The van der Waals surface area contributed by atoms with Gasteiger partial charge in [-0.3, -0.25) is 9.48 Å². The van der Waals surface area contributed by atoms with Gasteiger partial charge in [-0.2, -0.15) is 13.2 Å². The number of hydrogen-bond donors (Lipinski definition) is 1. The number of aliphatic carboxylic acids is 1. The summed E-state index contributed by atoms with van der Waals surface area (Å²) in [5, 5.41) is 13.2. The van der Waals surface area contributed by atoms with Crippen LogP contribution in [0.1, 0.15) is 55.8 Å². The highest BCUT2D eigenvalue weighted by Gasteiger charge is 2.29. The number of alkyl halides is 3. The number of aryl methyl sites for hydroxylation is 1. The Hall–Kier alpha value is -2.51. The van der Waals surface area contributed by atoms with Crippen LogP contribution in [0.3, 0.4) is 0 Å². The first kappa shape index (κ1) is 21.8. The average Bonchev–Trinajstić information content (AvgIpc) is 3.00. The summed E-state index contributed by atoms with van der Waals surface area (Å²) in [6, 6.07) is 6.82. The van der Waals surface area contributed by atoms with Crippen molar-refractivity contribution in [1.82, 2.24) is 9.78 Å². The van der Waals surface area contributed by atoms with E-state index in [-0.39, 0.29) is 6.42 Å². The van der Waals surface area contributed by atoms with Crippen molar-refractivity contribution in [2.45, 2.75) is 58.2 Å². The van der Waals surface area contributed by atoms with E-state index in [0.29, 0.717) is 43.9 Å². The van der Waals surface area contributed by atoms with E-state index in [9.17, 15) is 18.0 Å². The molecule has 0 aliphatic rings. The predicted molar refractivity (Wildman–Crippen MR) is 98.4 cm³/mol. The van der Waals surface area contributed by atoms with E-state index < -0.39 is 17.7 Å². The Labute approximate surface area is 162 Å². The number of carboxylic acids is 1. The minimum absolute atomic E-state index is 0.104. The zero-order chi connectivity index (χ0) is 20.6. The molecule has 1 N–H and O–H groups in total. The molecule has 0 fully saturated rings. The molecular formula is C20H25F3N2O3. The summed E-state index contributed by atoms with van der Waals surface area (Å²) in [7, 11) is 0. The first-order valence-electron chi connectivity index (χ1n) is 9.37. The number of benzene rings is 1. The molecule has 2 rings (SSSR count). The molecule has 1 aromatic carbocycles. The summed E-state index contributed by atoms with van der Waals surface area (Å²) >= 11 is 0. The lowest BCUT2D eigenvalue weighted by Gasteiger charge is -2.10. The van der Waals surface area contributed by atoms with Gasteiger partial charge in [0.2, 0.25) is 5.88 Å². The van der Waals surface area contributed by atoms with Crippen LogP contribution in [0.4, 0.5) is 13.2 Å². The molecule has 5 nitrogen and oxygen atoms in total. The van der Waals surface area contributed by atoms with Crippen LogP contribution >= 0.6 is 0 Å². The summed E-state index contributed by atoms with van der Waals surface area (Å²) in [6.45, 7) is 2.93. The topological polar surface area (TPSA) is 64.3 Å². The SMILES string of the molecule is CCCCOc1cc(CCCCC(=O)O)n(Cc2ccc(C(F)(F)F)cc2)n1. The smallest absolute Gasteiger partial charge is 0.416 e. The van der Waals surface area contributed by atoms with Crippen molar-refractivity contribution in [2.24, 2.45) is 0 Å². The van der Waals surface area contributed by atoms with Crippen LogP contribution in [-0.4, -0.2) is 27.5 Å². The molecule has 0 amide bonds. The van der Waals surface area contributed by atoms with E-state index in [1.54, 1.807) is 4.68 Å². The molecule has 154 valence electrons. The Morgan fingerprint density at radius 2 is 1.89 bits per heavy atom. The molecule has 0 unspecified atom stereocenters. The minimum Gasteiger partial charge on any atom is -0.481 e. The molecule has 0 bridgehead atoms. The van der Waals surface area contributed by atoms with Crippen molar-refractivity contribution < 1.29 is 27.8 Å². The molecule has 0 aliphatic carbocycles. The van der Waals surface area contributed by atoms with Crippen molar-refractivity contribution in [2.75, 3.05) is 6.61 Å². The maximum absolute atomic E-state index is 12.7. The van der Waals surface area contributed by atoms with Gasteiger partial charge >= 0.3 is 12.1 Å². The normalized spacial score (nSPS) is 11.6. The molecule has 8 heteroatoms. The minimum atomic E-state index is -4.36. The molecule has 0 saturated heterocycles. The van der Waals surface area contributed by atoms with Crippen LogP contribution in [0.2, 0.25) is 0 Å². The zero-order valence-corrected chi connectivity index (χ0v) is 15.8. The number of hydrogen-bond acceptors (Lipinski definition) is 3. The van der Waals surface area contributed by atoms with Crippen molar-refractivity contribution in [3.8, 4) is 5.88 Å². The second-order valence-corrected chi connectivity index (χ2v) is 6.63. The highest BCUT2D eigenvalue weighted by atomic mass is 19.4. The van der Waals surface area contributed by atoms with Gasteiger partial charge in [-0.1, -0.05) is 25.5 Å². The van der Waals surface area contributed by atoms with Gasteiger partial charge in [-0.25, -0.2) is 0 Å². The molecule has 28 heavy (non-hydrogen) atoms. The molecule has 1 heterocycles. The third-order valence-electron chi connectivity index (χ3n) is 4.28. The third kappa shape index (κ3) is 6.90. The van der Waals surface area contributed by atoms with E-state index >= 15 is 0 Å². The van der Waals surface area contributed by atoms with E-state index in [2.05, 4.69) is 12.0 Å². The fourth-order valence-electron chi connectivity index (χ4n) is 2.71. The maximum atomic E-state index is 12.7. The van der Waals surface area contributed by atoms with Gasteiger partial charge in [-0.05, 0) is 43.4 Å². The van der Waals surface area contributed by atoms with Crippen molar-refractivity contribution in [3.05, 3.63) is 47.2 Å². The maximum Gasteiger partial charge on any atom is 0.416 e. The first-order valence-corrected chi connectivity index (χ1v) is 9.37. The Balaban J connectivity index is 2.09. The number of aromatic nitrogens is 2. The molecular weight excluding hydrogens is 373 g/mol. The summed E-state index contributed by atoms with van der Waals surface area (Å²) in [4.78, 5) is 10.6. The second-order valence-electron chi connectivity index (χ2n) is 6.63. The van der Waals surface area contributed by atoms with Gasteiger partial charge in [-0.15, -0.1) is 5.10 Å². The van der Waals surface area contributed by atoms with Crippen LogP contribution in [0, 0.1) is 0 Å². The Morgan fingerprint density at radius 1 is 1.18 bits per heavy atom. The number of halogens is 3. The van der Waals surface area contributed by atoms with E-state index in [1.807, 2.05) is 6.07 Å². The third-order valence-corrected chi connectivity index (χ3v) is 4.28. The second kappa shape index (κ2) is 10.1. The molecule has 2 aromatic rings. The number of carbonyl (C=O) groups is 1. The van der Waals surface area contributed by atoms with Crippen LogP contribution in [0.25, 0.3) is 0 Å². The van der Waals surface area contributed by atoms with Gasteiger partial charge in [0.1, 0.15) is 0 Å². The van der Waals surface area contributed by atoms with Crippen LogP contribution < -0.4 is 4.74 Å². The van der Waals surface area contributed by atoms with Crippen molar-refractivity contribution >= 4 is 5.97 Å². The van der Waals surface area contributed by atoms with E-state index in [0.717, 1.165) is 30.7 Å². The number of unbranched alkanes of at least 4 members (excludes halogenated alkanes) is 2. The molecule has 0 spiro atoms. The van der Waals surface area contributed by atoms with Gasteiger partial charge in [0.25, 0.3) is 0 Å². The molecule has 0 aliphatic heterocycles. The number of ether oxygens (including phenoxy) is 1. The van der Waals surface area contributed by atoms with Gasteiger partial charge in [0.05, 0.1) is 18.7 Å². The lowest BCUT2D eigenvalue weighted by atomic mass is 10.1. The van der Waals surface area contributed by atoms with Gasteiger partial charge in [0, 0.05) is 18.2 Å². The highest BCUT2D eigenvalue weighted by molar-refractivity contribution is 5.66. The summed E-state index contributed by atoms with van der Waals surface area (Å²) in [6.07, 6.45) is -0.509. The number of rotatable bonds is 11. The zero-order valence-electron chi connectivity index (χ0n) is 15.8. The fraction of sp³-hybridized carbons (Fsp3) is 0.500. The summed E-state index contributed by atoms with van der Waals surface area (Å²) in [5.74, 6) is -0.351. The number of carboxylic acid groups (broad SMARTS) is 1. The van der Waals surface area contributed by atoms with Crippen LogP contribution in [-0.2, 0) is 23.9 Å². The Morgan fingerprint density at radius 3 is 2.50 bits per heavy atom.